The highest BCUT2D eigenvalue weighted by Crippen LogP contribution is 2.23. The molecule has 0 aliphatic rings. The summed E-state index contributed by atoms with van der Waals surface area (Å²) in [6.45, 7) is 7.17. The second-order valence-electron chi connectivity index (χ2n) is 7.14. The van der Waals surface area contributed by atoms with Gasteiger partial charge in [-0.1, -0.05) is 32.0 Å². The van der Waals surface area contributed by atoms with Crippen LogP contribution in [-0.2, 0) is 6.61 Å². The van der Waals surface area contributed by atoms with Crippen LogP contribution in [0.25, 0.3) is 11.5 Å². The van der Waals surface area contributed by atoms with Gasteiger partial charge in [-0.2, -0.15) is 0 Å². The van der Waals surface area contributed by atoms with Crippen LogP contribution >= 0.6 is 0 Å². The minimum absolute atomic E-state index is 0.0623. The smallest absolute Gasteiger partial charge is 0.251 e. The van der Waals surface area contributed by atoms with Crippen molar-refractivity contribution in [1.82, 2.24) is 10.3 Å². The number of hydrogen-bond acceptors (Lipinski definition) is 4. The highest BCUT2D eigenvalue weighted by atomic mass is 16.5. The molecule has 0 radical (unpaired) electrons. The molecule has 0 aliphatic carbocycles. The van der Waals surface area contributed by atoms with Gasteiger partial charge < -0.3 is 14.5 Å². The van der Waals surface area contributed by atoms with Crippen LogP contribution in [0.5, 0.6) is 5.75 Å². The number of hydrogen-bond donors (Lipinski definition) is 1. The molecule has 0 atom stereocenters. The number of amides is 1. The maximum Gasteiger partial charge on any atom is 0.251 e. The molecule has 0 aliphatic heterocycles. The molecule has 1 amide bonds. The van der Waals surface area contributed by atoms with Crippen molar-refractivity contribution >= 4 is 5.91 Å². The molecule has 1 N–H and O–H groups in total. The monoisotopic (exact) mass is 378 g/mol. The first-order valence-corrected chi connectivity index (χ1v) is 9.55. The van der Waals surface area contributed by atoms with E-state index in [2.05, 4.69) is 24.1 Å². The van der Waals surface area contributed by atoms with Crippen LogP contribution in [0.2, 0.25) is 0 Å². The summed E-state index contributed by atoms with van der Waals surface area (Å²) in [7, 11) is 0. The predicted octanol–water partition coefficient (Wildman–Crippen LogP) is 5.00. The number of oxazole rings is 1. The Morgan fingerprint density at radius 2 is 1.82 bits per heavy atom. The zero-order chi connectivity index (χ0) is 19.9. The van der Waals surface area contributed by atoms with Crippen molar-refractivity contribution in [1.29, 1.82) is 0 Å². The SMILES string of the molecule is Cc1oc(-c2ccc(C(=O)NCCC(C)C)cc2)nc1COc1ccccc1. The molecule has 0 spiro atoms. The van der Waals surface area contributed by atoms with E-state index in [9.17, 15) is 4.79 Å². The van der Waals surface area contributed by atoms with Crippen molar-refractivity contribution in [3.05, 3.63) is 71.6 Å². The fourth-order valence-corrected chi connectivity index (χ4v) is 2.69. The van der Waals surface area contributed by atoms with Crippen molar-refractivity contribution in [3.63, 3.8) is 0 Å². The average molecular weight is 378 g/mol. The molecule has 0 unspecified atom stereocenters. The summed E-state index contributed by atoms with van der Waals surface area (Å²) in [5.74, 6) is 2.54. The molecule has 3 aromatic rings. The van der Waals surface area contributed by atoms with Gasteiger partial charge in [0.1, 0.15) is 23.8 Å². The Morgan fingerprint density at radius 3 is 2.50 bits per heavy atom. The maximum absolute atomic E-state index is 12.2. The number of aromatic nitrogens is 1. The molecule has 0 saturated carbocycles. The molecule has 2 aromatic carbocycles. The topological polar surface area (TPSA) is 64.4 Å². The van der Waals surface area contributed by atoms with Crippen LogP contribution in [0.3, 0.4) is 0 Å². The van der Waals surface area contributed by atoms with Crippen LogP contribution in [-0.4, -0.2) is 17.4 Å². The number of ether oxygens (including phenoxy) is 1. The van der Waals surface area contributed by atoms with Crippen LogP contribution in [0.1, 0.15) is 42.1 Å². The molecule has 5 nitrogen and oxygen atoms in total. The van der Waals surface area contributed by atoms with Crippen molar-refractivity contribution in [2.75, 3.05) is 6.54 Å². The Hall–Kier alpha value is -3.08. The zero-order valence-corrected chi connectivity index (χ0v) is 16.6. The normalized spacial score (nSPS) is 10.9. The number of carbonyl (C=O) groups is 1. The Labute approximate surface area is 165 Å². The Kier molecular flexibility index (Phi) is 6.48. The molecular weight excluding hydrogens is 352 g/mol. The number of aryl methyl sites for hydroxylation is 1. The number of benzene rings is 2. The first-order valence-electron chi connectivity index (χ1n) is 9.55. The molecule has 0 bridgehead atoms. The molecule has 28 heavy (non-hydrogen) atoms. The largest absolute Gasteiger partial charge is 0.487 e. The fraction of sp³-hybridized carbons (Fsp3) is 0.304. The van der Waals surface area contributed by atoms with Gasteiger partial charge in [-0.15, -0.1) is 0 Å². The summed E-state index contributed by atoms with van der Waals surface area (Å²) in [6.07, 6.45) is 0.966. The number of rotatable bonds is 8. The van der Waals surface area contributed by atoms with Crippen LogP contribution < -0.4 is 10.1 Å². The molecular formula is C23H26N2O3. The number of para-hydroxylation sites is 1. The molecule has 146 valence electrons. The summed E-state index contributed by atoms with van der Waals surface area (Å²) in [4.78, 5) is 16.7. The highest BCUT2D eigenvalue weighted by molar-refractivity contribution is 5.94. The van der Waals surface area contributed by atoms with E-state index in [1.165, 1.54) is 0 Å². The lowest BCUT2D eigenvalue weighted by atomic mass is 10.1. The van der Waals surface area contributed by atoms with Crippen molar-refractivity contribution in [2.24, 2.45) is 5.92 Å². The summed E-state index contributed by atoms with van der Waals surface area (Å²) in [5.41, 5.74) is 2.21. The van der Waals surface area contributed by atoms with Gasteiger partial charge in [-0.3, -0.25) is 4.79 Å². The number of carbonyl (C=O) groups excluding carboxylic acids is 1. The van der Waals surface area contributed by atoms with E-state index in [1.54, 1.807) is 12.1 Å². The van der Waals surface area contributed by atoms with Crippen LogP contribution in [0.4, 0.5) is 0 Å². The lowest BCUT2D eigenvalue weighted by Gasteiger charge is -2.07. The van der Waals surface area contributed by atoms with Gasteiger partial charge in [0.05, 0.1) is 0 Å². The van der Waals surface area contributed by atoms with E-state index < -0.39 is 0 Å². The molecule has 1 heterocycles. The zero-order valence-electron chi connectivity index (χ0n) is 16.6. The van der Waals surface area contributed by atoms with Crippen molar-refractivity contribution < 1.29 is 13.9 Å². The van der Waals surface area contributed by atoms with E-state index in [0.29, 0.717) is 30.5 Å². The second kappa shape index (κ2) is 9.22. The Morgan fingerprint density at radius 1 is 1.11 bits per heavy atom. The lowest BCUT2D eigenvalue weighted by Crippen LogP contribution is -2.25. The molecule has 5 heteroatoms. The predicted molar refractivity (Wildman–Crippen MR) is 109 cm³/mol. The van der Waals surface area contributed by atoms with Crippen LogP contribution in [0, 0.1) is 12.8 Å². The van der Waals surface area contributed by atoms with Crippen molar-refractivity contribution in [2.45, 2.75) is 33.8 Å². The summed E-state index contributed by atoms with van der Waals surface area (Å²) in [5, 5.41) is 2.94. The van der Waals surface area contributed by atoms with E-state index >= 15 is 0 Å². The third kappa shape index (κ3) is 5.22. The van der Waals surface area contributed by atoms with E-state index in [4.69, 9.17) is 9.15 Å². The fourth-order valence-electron chi connectivity index (χ4n) is 2.69. The van der Waals surface area contributed by atoms with Gasteiger partial charge in [-0.05, 0) is 55.7 Å². The van der Waals surface area contributed by atoms with Gasteiger partial charge in [0, 0.05) is 17.7 Å². The van der Waals surface area contributed by atoms with Gasteiger partial charge in [0.25, 0.3) is 5.91 Å². The van der Waals surface area contributed by atoms with E-state index in [-0.39, 0.29) is 5.91 Å². The minimum atomic E-state index is -0.0623. The van der Waals surface area contributed by atoms with Crippen LogP contribution in [0.15, 0.2) is 59.0 Å². The first-order chi connectivity index (χ1) is 13.5. The van der Waals surface area contributed by atoms with Gasteiger partial charge >= 0.3 is 0 Å². The number of nitrogens with one attached hydrogen (secondary N) is 1. The number of nitrogens with zero attached hydrogens (tertiary/aromatic N) is 1. The van der Waals surface area contributed by atoms with Gasteiger partial charge in [0.2, 0.25) is 5.89 Å². The quantitative estimate of drug-likeness (QED) is 0.599. The maximum atomic E-state index is 12.2. The summed E-state index contributed by atoms with van der Waals surface area (Å²) < 4.78 is 11.5. The van der Waals surface area contributed by atoms with E-state index in [1.807, 2.05) is 49.4 Å². The standard InChI is InChI=1S/C23H26N2O3/c1-16(2)13-14-24-22(26)18-9-11-19(12-10-18)23-25-21(17(3)28-23)15-27-20-7-5-4-6-8-20/h4-12,16H,13-15H2,1-3H3,(H,24,26). The molecule has 3 rings (SSSR count). The van der Waals surface area contributed by atoms with Crippen molar-refractivity contribution in [3.8, 4) is 17.2 Å². The second-order valence-corrected chi connectivity index (χ2v) is 7.14. The molecule has 0 saturated heterocycles. The van der Waals surface area contributed by atoms with Gasteiger partial charge in [0.15, 0.2) is 0 Å². The Bertz CT molecular complexity index is 899. The molecule has 0 fully saturated rings. The van der Waals surface area contributed by atoms with Gasteiger partial charge in [-0.25, -0.2) is 4.98 Å². The Balaban J connectivity index is 1.63. The third-order valence-corrected chi connectivity index (χ3v) is 4.41. The van der Waals surface area contributed by atoms with E-state index in [0.717, 1.165) is 29.2 Å². The summed E-state index contributed by atoms with van der Waals surface area (Å²) in [6, 6.07) is 16.9. The molecule has 1 aromatic heterocycles. The third-order valence-electron chi connectivity index (χ3n) is 4.41. The summed E-state index contributed by atoms with van der Waals surface area (Å²) >= 11 is 0. The lowest BCUT2D eigenvalue weighted by molar-refractivity contribution is 0.0952. The first kappa shape index (κ1) is 19.7. The average Bonchev–Trinajstić information content (AvgIpc) is 3.07. The highest BCUT2D eigenvalue weighted by Gasteiger charge is 2.13. The minimum Gasteiger partial charge on any atom is -0.487 e.